The summed E-state index contributed by atoms with van der Waals surface area (Å²) in [7, 11) is 0. The third kappa shape index (κ3) is 5.08. The van der Waals surface area contributed by atoms with E-state index < -0.39 is 24.0 Å². The fraction of sp³-hybridized carbons (Fsp3) is 0.346. The van der Waals surface area contributed by atoms with Crippen LogP contribution in [0.5, 0.6) is 0 Å². The Balaban J connectivity index is 1.43. The molecule has 0 heterocycles. The van der Waals surface area contributed by atoms with E-state index in [1.54, 1.807) is 6.08 Å². The minimum Gasteiger partial charge on any atom is -0.480 e. The van der Waals surface area contributed by atoms with Crippen LogP contribution in [0.15, 0.2) is 61.2 Å². The van der Waals surface area contributed by atoms with E-state index >= 15 is 0 Å². The van der Waals surface area contributed by atoms with Gasteiger partial charge < -0.3 is 20.1 Å². The van der Waals surface area contributed by atoms with Crippen molar-refractivity contribution in [2.75, 3.05) is 13.2 Å². The second kappa shape index (κ2) is 9.90. The quantitative estimate of drug-likeness (QED) is 0.537. The first-order chi connectivity index (χ1) is 16.0. The molecule has 0 radical (unpaired) electrons. The number of nitrogens with one attached hydrogen (secondary N) is 1. The van der Waals surface area contributed by atoms with Gasteiger partial charge in [0.05, 0.1) is 0 Å². The minimum atomic E-state index is -1.07. The third-order valence-electron chi connectivity index (χ3n) is 6.17. The molecule has 2 aliphatic rings. The fourth-order valence-electron chi connectivity index (χ4n) is 4.44. The van der Waals surface area contributed by atoms with Crippen molar-refractivity contribution in [3.63, 3.8) is 0 Å². The lowest BCUT2D eigenvalue weighted by Gasteiger charge is -2.26. The Morgan fingerprint density at radius 1 is 1.09 bits per heavy atom. The smallest absolute Gasteiger partial charge is 0.407 e. The Morgan fingerprint density at radius 2 is 1.70 bits per heavy atom. The highest BCUT2D eigenvalue weighted by atomic mass is 16.5. The number of hydrogen-bond donors (Lipinski definition) is 2. The van der Waals surface area contributed by atoms with Crippen LogP contribution in [0.3, 0.4) is 0 Å². The summed E-state index contributed by atoms with van der Waals surface area (Å²) in [6.45, 7) is 3.45. The van der Waals surface area contributed by atoms with Gasteiger partial charge in [-0.3, -0.25) is 9.59 Å². The summed E-state index contributed by atoms with van der Waals surface area (Å²) in [4.78, 5) is 38.3. The standard InChI is InChI=1S/C26H28N2O5/c1-2-3-12-23(25(31)28(15-24(29)30)17-13-14-17)27-26(32)33-16-22-20-10-6-4-8-18(20)19-9-5-7-11-21(19)22/h2,4-11,17,22-23H,1,3,12-16H2,(H,27,32)(H,29,30). The molecule has 2 aliphatic carbocycles. The number of carbonyl (C=O) groups excluding carboxylic acids is 2. The van der Waals surface area contributed by atoms with E-state index in [-0.39, 0.29) is 25.1 Å². The SMILES string of the molecule is C=CCCC(NC(=O)OCC1c2ccccc2-c2ccccc21)C(=O)N(CC(=O)O)C1CC1. The Labute approximate surface area is 193 Å². The first kappa shape index (κ1) is 22.6. The van der Waals surface area contributed by atoms with Gasteiger partial charge >= 0.3 is 12.1 Å². The number of carboxylic acids is 1. The maximum Gasteiger partial charge on any atom is 0.407 e. The van der Waals surface area contributed by atoms with E-state index in [1.165, 1.54) is 4.90 Å². The van der Waals surface area contributed by atoms with Crippen LogP contribution in [-0.2, 0) is 14.3 Å². The summed E-state index contributed by atoms with van der Waals surface area (Å²) in [5, 5.41) is 11.9. The molecule has 1 saturated carbocycles. The number of carboxylic acid groups (broad SMARTS) is 1. The molecule has 2 aromatic carbocycles. The number of ether oxygens (including phenoxy) is 1. The van der Waals surface area contributed by atoms with Gasteiger partial charge in [-0.25, -0.2) is 4.79 Å². The lowest BCUT2D eigenvalue weighted by Crippen LogP contribution is -2.50. The molecular formula is C26H28N2O5. The number of rotatable bonds is 10. The Kier molecular flexibility index (Phi) is 6.77. The third-order valence-corrected chi connectivity index (χ3v) is 6.17. The molecule has 1 unspecified atom stereocenters. The maximum absolute atomic E-state index is 13.0. The van der Waals surface area contributed by atoms with Crippen molar-refractivity contribution in [3.05, 3.63) is 72.3 Å². The summed E-state index contributed by atoms with van der Waals surface area (Å²) in [6.07, 6.45) is 3.36. The van der Waals surface area contributed by atoms with Crippen molar-refractivity contribution in [1.29, 1.82) is 0 Å². The molecule has 2 aromatic rings. The number of aliphatic carboxylic acids is 1. The van der Waals surface area contributed by atoms with E-state index in [9.17, 15) is 19.5 Å². The van der Waals surface area contributed by atoms with E-state index in [4.69, 9.17) is 4.74 Å². The van der Waals surface area contributed by atoms with Gasteiger partial charge in [0.25, 0.3) is 0 Å². The molecule has 0 aromatic heterocycles. The van der Waals surface area contributed by atoms with E-state index in [0.717, 1.165) is 35.1 Å². The van der Waals surface area contributed by atoms with Crippen molar-refractivity contribution in [1.82, 2.24) is 10.2 Å². The molecule has 4 rings (SSSR count). The zero-order valence-electron chi connectivity index (χ0n) is 18.4. The van der Waals surface area contributed by atoms with Gasteiger partial charge in [-0.05, 0) is 47.9 Å². The molecule has 33 heavy (non-hydrogen) atoms. The molecule has 172 valence electrons. The fourth-order valence-corrected chi connectivity index (χ4v) is 4.44. The van der Waals surface area contributed by atoms with Crippen LogP contribution in [0.2, 0.25) is 0 Å². The summed E-state index contributed by atoms with van der Waals surface area (Å²) < 4.78 is 5.57. The number of nitrogens with zero attached hydrogens (tertiary/aromatic N) is 1. The lowest BCUT2D eigenvalue weighted by atomic mass is 9.98. The van der Waals surface area contributed by atoms with E-state index in [0.29, 0.717) is 12.8 Å². The monoisotopic (exact) mass is 448 g/mol. The van der Waals surface area contributed by atoms with Crippen LogP contribution in [-0.4, -0.2) is 53.2 Å². The van der Waals surface area contributed by atoms with Crippen molar-refractivity contribution < 1.29 is 24.2 Å². The number of hydrogen-bond acceptors (Lipinski definition) is 4. The average Bonchev–Trinajstić information content (AvgIpc) is 3.61. The zero-order chi connectivity index (χ0) is 23.4. The molecule has 0 saturated heterocycles. The molecule has 7 heteroatoms. The Bertz CT molecular complexity index is 1020. The highest BCUT2D eigenvalue weighted by Crippen LogP contribution is 2.44. The molecule has 7 nitrogen and oxygen atoms in total. The second-order valence-electron chi connectivity index (χ2n) is 8.48. The first-order valence-corrected chi connectivity index (χ1v) is 11.2. The Hall–Kier alpha value is -3.61. The normalized spacial score (nSPS) is 15.2. The van der Waals surface area contributed by atoms with Crippen LogP contribution in [0.25, 0.3) is 11.1 Å². The summed E-state index contributed by atoms with van der Waals surface area (Å²) in [6, 6.07) is 15.2. The number of alkyl carbamates (subject to hydrolysis) is 1. The zero-order valence-corrected chi connectivity index (χ0v) is 18.4. The Morgan fingerprint density at radius 3 is 2.24 bits per heavy atom. The number of amides is 2. The van der Waals surface area contributed by atoms with Gasteiger partial charge in [0.2, 0.25) is 5.91 Å². The predicted molar refractivity (Wildman–Crippen MR) is 124 cm³/mol. The summed E-state index contributed by atoms with van der Waals surface area (Å²) in [5.41, 5.74) is 4.48. The van der Waals surface area contributed by atoms with Crippen LogP contribution in [0, 0.1) is 0 Å². The lowest BCUT2D eigenvalue weighted by molar-refractivity contribution is -0.145. The molecule has 0 bridgehead atoms. The number of benzene rings is 2. The number of allylic oxidation sites excluding steroid dienone is 1. The topological polar surface area (TPSA) is 95.9 Å². The molecule has 1 atom stereocenters. The highest BCUT2D eigenvalue weighted by Gasteiger charge is 2.37. The van der Waals surface area contributed by atoms with Crippen molar-refractivity contribution in [2.24, 2.45) is 0 Å². The molecule has 2 N–H and O–H groups in total. The molecule has 2 amide bonds. The molecule has 0 spiro atoms. The van der Waals surface area contributed by atoms with Gasteiger partial charge in [0.1, 0.15) is 19.2 Å². The van der Waals surface area contributed by atoms with Gasteiger partial charge in [0, 0.05) is 12.0 Å². The maximum atomic E-state index is 13.0. The van der Waals surface area contributed by atoms with E-state index in [1.807, 2.05) is 36.4 Å². The van der Waals surface area contributed by atoms with Crippen LogP contribution >= 0.6 is 0 Å². The highest BCUT2D eigenvalue weighted by molar-refractivity contribution is 5.88. The van der Waals surface area contributed by atoms with E-state index in [2.05, 4.69) is 24.0 Å². The van der Waals surface area contributed by atoms with Crippen molar-refractivity contribution in [2.45, 2.75) is 43.7 Å². The summed E-state index contributed by atoms with van der Waals surface area (Å²) in [5.74, 6) is -1.55. The van der Waals surface area contributed by atoms with Crippen molar-refractivity contribution >= 4 is 18.0 Å². The number of fused-ring (bicyclic) bond motifs is 3. The average molecular weight is 449 g/mol. The van der Waals surface area contributed by atoms with Crippen LogP contribution in [0.4, 0.5) is 4.79 Å². The molecule has 0 aliphatic heterocycles. The molecular weight excluding hydrogens is 420 g/mol. The van der Waals surface area contributed by atoms with Crippen molar-refractivity contribution in [3.8, 4) is 11.1 Å². The first-order valence-electron chi connectivity index (χ1n) is 11.2. The molecule has 1 fully saturated rings. The van der Waals surface area contributed by atoms with Gasteiger partial charge in [0.15, 0.2) is 0 Å². The van der Waals surface area contributed by atoms with Gasteiger partial charge in [-0.15, -0.1) is 6.58 Å². The summed E-state index contributed by atoms with van der Waals surface area (Å²) >= 11 is 0. The predicted octanol–water partition coefficient (Wildman–Crippen LogP) is 3.94. The van der Waals surface area contributed by atoms with Gasteiger partial charge in [-0.2, -0.15) is 0 Å². The van der Waals surface area contributed by atoms with Crippen LogP contribution in [0.1, 0.15) is 42.7 Å². The largest absolute Gasteiger partial charge is 0.480 e. The second-order valence-corrected chi connectivity index (χ2v) is 8.48. The number of carbonyl (C=O) groups is 3. The van der Waals surface area contributed by atoms with Gasteiger partial charge in [-0.1, -0.05) is 54.6 Å². The minimum absolute atomic E-state index is 0.0795. The van der Waals surface area contributed by atoms with Crippen LogP contribution < -0.4 is 5.32 Å².